The van der Waals surface area contributed by atoms with E-state index >= 15 is 0 Å². The Morgan fingerprint density at radius 3 is 3.05 bits per heavy atom. The van der Waals surface area contributed by atoms with Crippen LogP contribution in [0.3, 0.4) is 0 Å². The summed E-state index contributed by atoms with van der Waals surface area (Å²) in [5, 5.41) is 12.4. The fraction of sp³-hybridized carbons (Fsp3) is 0.600. The number of ether oxygens (including phenoxy) is 1. The van der Waals surface area contributed by atoms with Crippen molar-refractivity contribution in [3.05, 3.63) is 23.9 Å². The maximum Gasteiger partial charge on any atom is 0.245 e. The van der Waals surface area contributed by atoms with Crippen molar-refractivity contribution in [1.29, 1.82) is 0 Å². The first-order valence-corrected chi connectivity index (χ1v) is 7.39. The number of carbonyl (C=O) groups excluding carboxylic acids is 1. The van der Waals surface area contributed by atoms with Crippen molar-refractivity contribution in [3.63, 3.8) is 0 Å². The van der Waals surface area contributed by atoms with Crippen LogP contribution in [0.4, 0.5) is 5.82 Å². The zero-order valence-corrected chi connectivity index (χ0v) is 12.6. The van der Waals surface area contributed by atoms with Crippen LogP contribution in [0.2, 0.25) is 0 Å². The highest BCUT2D eigenvalue weighted by Gasteiger charge is 2.30. The molecule has 2 atom stereocenters. The molecular formula is C15H23N3O3. The molecule has 6 nitrogen and oxygen atoms in total. The highest BCUT2D eigenvalue weighted by Crippen LogP contribution is 2.20. The van der Waals surface area contributed by atoms with Crippen LogP contribution in [-0.4, -0.2) is 48.3 Å². The predicted octanol–water partition coefficient (Wildman–Crippen LogP) is 0.866. The number of nitrogens with zero attached hydrogens (tertiary/aromatic N) is 2. The third-order valence-corrected chi connectivity index (χ3v) is 3.53. The van der Waals surface area contributed by atoms with E-state index in [0.29, 0.717) is 26.3 Å². The molecule has 0 radical (unpaired) electrons. The van der Waals surface area contributed by atoms with Gasteiger partial charge in [0.25, 0.3) is 0 Å². The van der Waals surface area contributed by atoms with Gasteiger partial charge in [-0.25, -0.2) is 4.98 Å². The molecule has 1 aromatic rings. The predicted molar refractivity (Wildman–Crippen MR) is 80.1 cm³/mol. The van der Waals surface area contributed by atoms with Gasteiger partial charge in [0.1, 0.15) is 11.9 Å². The molecule has 0 bridgehead atoms. The average molecular weight is 293 g/mol. The molecule has 1 aromatic heterocycles. The number of aromatic nitrogens is 1. The van der Waals surface area contributed by atoms with Gasteiger partial charge in [-0.05, 0) is 25.0 Å². The number of hydrogen-bond acceptors (Lipinski definition) is 5. The van der Waals surface area contributed by atoms with Gasteiger partial charge in [0.15, 0.2) is 0 Å². The standard InChI is InChI=1S/C15H23N3O3/c1-3-6-16-15(20)13-10-21-8-7-18(13)14-5-4-12(9-17-14)11(2)19/h4-5,9,11,13,19H,3,6-8,10H2,1-2H3,(H,16,20)/t11-,13?/m0/s1. The van der Waals surface area contributed by atoms with Crippen molar-refractivity contribution < 1.29 is 14.6 Å². The Kier molecular flexibility index (Phi) is 5.52. The summed E-state index contributed by atoms with van der Waals surface area (Å²) in [6.45, 7) is 5.97. The lowest BCUT2D eigenvalue weighted by Crippen LogP contribution is -2.54. The Hall–Kier alpha value is -1.66. The summed E-state index contributed by atoms with van der Waals surface area (Å²) in [5.74, 6) is 0.706. The number of anilines is 1. The van der Waals surface area contributed by atoms with Gasteiger partial charge in [-0.3, -0.25) is 4.79 Å². The first-order chi connectivity index (χ1) is 10.1. The molecule has 1 unspecified atom stereocenters. The molecule has 0 spiro atoms. The second-order valence-corrected chi connectivity index (χ2v) is 5.20. The monoisotopic (exact) mass is 293 g/mol. The van der Waals surface area contributed by atoms with E-state index in [0.717, 1.165) is 17.8 Å². The van der Waals surface area contributed by atoms with E-state index in [1.165, 1.54) is 0 Å². The Bertz CT molecular complexity index is 462. The van der Waals surface area contributed by atoms with E-state index in [4.69, 9.17) is 4.74 Å². The quantitative estimate of drug-likeness (QED) is 0.842. The Labute approximate surface area is 125 Å². The number of aliphatic hydroxyl groups is 1. The van der Waals surface area contributed by atoms with E-state index < -0.39 is 6.10 Å². The SMILES string of the molecule is CCCNC(=O)C1COCCN1c1ccc([C@H](C)O)cn1. The molecule has 0 saturated carbocycles. The molecule has 1 fully saturated rings. The van der Waals surface area contributed by atoms with Crippen molar-refractivity contribution in [2.24, 2.45) is 0 Å². The maximum absolute atomic E-state index is 12.2. The molecule has 1 aliphatic rings. The molecule has 1 amide bonds. The van der Waals surface area contributed by atoms with Crippen LogP contribution in [-0.2, 0) is 9.53 Å². The van der Waals surface area contributed by atoms with Gasteiger partial charge in [-0.1, -0.05) is 13.0 Å². The fourth-order valence-corrected chi connectivity index (χ4v) is 2.28. The van der Waals surface area contributed by atoms with Gasteiger partial charge in [-0.15, -0.1) is 0 Å². The number of pyridine rings is 1. The normalized spacial score (nSPS) is 20.1. The van der Waals surface area contributed by atoms with Gasteiger partial charge in [0.05, 0.1) is 19.3 Å². The van der Waals surface area contributed by atoms with Gasteiger partial charge in [-0.2, -0.15) is 0 Å². The number of carbonyl (C=O) groups is 1. The summed E-state index contributed by atoms with van der Waals surface area (Å²) in [6.07, 6.45) is 2.01. The molecule has 0 aliphatic carbocycles. The summed E-state index contributed by atoms with van der Waals surface area (Å²) in [6, 6.07) is 3.33. The molecule has 2 N–H and O–H groups in total. The van der Waals surface area contributed by atoms with Crippen LogP contribution in [0, 0.1) is 0 Å². The van der Waals surface area contributed by atoms with E-state index in [1.54, 1.807) is 13.1 Å². The number of morpholine rings is 1. The van der Waals surface area contributed by atoms with Crippen molar-refractivity contribution in [2.75, 3.05) is 31.2 Å². The Morgan fingerprint density at radius 1 is 1.62 bits per heavy atom. The molecule has 2 heterocycles. The van der Waals surface area contributed by atoms with Crippen LogP contribution >= 0.6 is 0 Å². The maximum atomic E-state index is 12.2. The topological polar surface area (TPSA) is 74.7 Å². The minimum atomic E-state index is -0.542. The molecular weight excluding hydrogens is 270 g/mol. The van der Waals surface area contributed by atoms with Gasteiger partial charge < -0.3 is 20.1 Å². The van der Waals surface area contributed by atoms with Crippen LogP contribution < -0.4 is 10.2 Å². The minimum Gasteiger partial charge on any atom is -0.389 e. The minimum absolute atomic E-state index is 0.0297. The van der Waals surface area contributed by atoms with Crippen molar-refractivity contribution in [2.45, 2.75) is 32.4 Å². The largest absolute Gasteiger partial charge is 0.389 e. The lowest BCUT2D eigenvalue weighted by atomic mass is 10.1. The number of amides is 1. The molecule has 1 aliphatic heterocycles. The highest BCUT2D eigenvalue weighted by atomic mass is 16.5. The van der Waals surface area contributed by atoms with Gasteiger partial charge in [0.2, 0.25) is 5.91 Å². The molecule has 116 valence electrons. The van der Waals surface area contributed by atoms with Crippen molar-refractivity contribution in [1.82, 2.24) is 10.3 Å². The first-order valence-electron chi connectivity index (χ1n) is 7.39. The van der Waals surface area contributed by atoms with Crippen LogP contribution in [0.5, 0.6) is 0 Å². The fourth-order valence-electron chi connectivity index (χ4n) is 2.28. The summed E-state index contributed by atoms with van der Waals surface area (Å²) in [4.78, 5) is 18.5. The summed E-state index contributed by atoms with van der Waals surface area (Å²) >= 11 is 0. The van der Waals surface area contributed by atoms with Crippen molar-refractivity contribution >= 4 is 11.7 Å². The average Bonchev–Trinajstić information content (AvgIpc) is 2.52. The van der Waals surface area contributed by atoms with E-state index in [9.17, 15) is 9.90 Å². The third-order valence-electron chi connectivity index (χ3n) is 3.53. The Balaban J connectivity index is 2.12. The lowest BCUT2D eigenvalue weighted by molar-refractivity contribution is -0.124. The van der Waals surface area contributed by atoms with Gasteiger partial charge >= 0.3 is 0 Å². The molecule has 6 heteroatoms. The van der Waals surface area contributed by atoms with Gasteiger partial charge in [0, 0.05) is 19.3 Å². The summed E-state index contributed by atoms with van der Waals surface area (Å²) < 4.78 is 5.43. The van der Waals surface area contributed by atoms with Crippen molar-refractivity contribution in [3.8, 4) is 0 Å². The molecule has 2 rings (SSSR count). The lowest BCUT2D eigenvalue weighted by Gasteiger charge is -2.35. The molecule has 0 aromatic carbocycles. The number of hydrogen-bond donors (Lipinski definition) is 2. The van der Waals surface area contributed by atoms with E-state index in [2.05, 4.69) is 10.3 Å². The van der Waals surface area contributed by atoms with Crippen LogP contribution in [0.15, 0.2) is 18.3 Å². The van der Waals surface area contributed by atoms with Crippen LogP contribution in [0.1, 0.15) is 31.9 Å². The zero-order valence-electron chi connectivity index (χ0n) is 12.6. The van der Waals surface area contributed by atoms with E-state index in [1.807, 2.05) is 24.0 Å². The van der Waals surface area contributed by atoms with E-state index in [-0.39, 0.29) is 11.9 Å². The molecule has 21 heavy (non-hydrogen) atoms. The summed E-state index contributed by atoms with van der Waals surface area (Å²) in [5.41, 5.74) is 0.763. The first kappa shape index (κ1) is 15.7. The Morgan fingerprint density at radius 2 is 2.43 bits per heavy atom. The highest BCUT2D eigenvalue weighted by molar-refractivity contribution is 5.85. The zero-order chi connectivity index (χ0) is 15.2. The second kappa shape index (κ2) is 7.38. The number of nitrogens with one attached hydrogen (secondary N) is 1. The number of aliphatic hydroxyl groups excluding tert-OH is 1. The molecule has 1 saturated heterocycles. The van der Waals surface area contributed by atoms with Crippen LogP contribution in [0.25, 0.3) is 0 Å². The number of rotatable bonds is 5. The third kappa shape index (κ3) is 3.92. The smallest absolute Gasteiger partial charge is 0.245 e. The second-order valence-electron chi connectivity index (χ2n) is 5.20. The summed E-state index contributed by atoms with van der Waals surface area (Å²) in [7, 11) is 0.